The number of hydrogen-bond donors (Lipinski definition) is 7. The Kier molecular flexibility index (Phi) is 33.3. The Morgan fingerprint density at radius 2 is 0.814 bits per heavy atom. The van der Waals surface area contributed by atoms with Gasteiger partial charge in [0.1, 0.15) is 71.3 Å². The monoisotopic (exact) mass is 1580 g/mol. The molecule has 0 unspecified atom stereocenters. The summed E-state index contributed by atoms with van der Waals surface area (Å²) in [6.07, 6.45) is 4.88. The molecule has 0 saturated carbocycles. The van der Waals surface area contributed by atoms with Gasteiger partial charge >= 0.3 is 43.9 Å². The van der Waals surface area contributed by atoms with Gasteiger partial charge in [0.2, 0.25) is 0 Å². The number of aliphatic hydroxyl groups is 3. The number of hydrogen-bond acceptors (Lipinski definition) is 20. The summed E-state index contributed by atoms with van der Waals surface area (Å²) in [5, 5.41) is 39.1. The van der Waals surface area contributed by atoms with Crippen LogP contribution in [0, 0.1) is 17.5 Å². The second-order valence-electron chi connectivity index (χ2n) is 26.7. The Morgan fingerprint density at radius 3 is 1.19 bits per heavy atom. The number of ether oxygens (including phenoxy) is 5. The number of carboxylic acid groups (broad SMARTS) is 1. The number of benzene rings is 9. The number of halogens is 5. The van der Waals surface area contributed by atoms with Gasteiger partial charge in [0.15, 0.2) is 0 Å². The summed E-state index contributed by atoms with van der Waals surface area (Å²) < 4.78 is 101. The zero-order valence-corrected chi connectivity index (χ0v) is 64.9. The summed E-state index contributed by atoms with van der Waals surface area (Å²) in [5.74, 6) is -1.40. The third-order valence-corrected chi connectivity index (χ3v) is 18.8. The molecule has 4 heterocycles. The largest absolute Gasteiger partial charge is 1.00 e. The van der Waals surface area contributed by atoms with E-state index in [4.69, 9.17) is 85.3 Å². The summed E-state index contributed by atoms with van der Waals surface area (Å²) in [6, 6.07) is 50.6. The number of nitrogens with two attached hydrogens (primary N) is 3. The van der Waals surface area contributed by atoms with Gasteiger partial charge in [-0.1, -0.05) is 121 Å². The molecule has 13 rings (SSSR count). The number of rotatable bonds is 26. The molecule has 0 aliphatic carbocycles. The van der Waals surface area contributed by atoms with Crippen molar-refractivity contribution in [3.05, 3.63) is 273 Å². The molecule has 0 radical (unpaired) electrons. The number of aliphatic carboxylic acids is 1. The van der Waals surface area contributed by atoms with Crippen LogP contribution >= 0.6 is 24.0 Å². The number of aliphatic hydroxyl groups excluding tert-OH is 3. The number of carbonyl (C=O) groups is 3. The quantitative estimate of drug-likeness (QED) is 0.0196. The number of fused-ring (bicyclic) bond motifs is 3. The van der Waals surface area contributed by atoms with Gasteiger partial charge in [-0.2, -0.15) is 0 Å². The summed E-state index contributed by atoms with van der Waals surface area (Å²) >= 11 is 5.50. The van der Waals surface area contributed by atoms with Crippen molar-refractivity contribution in [2.75, 3.05) is 33.0 Å². The van der Waals surface area contributed by atoms with Gasteiger partial charge in [0.05, 0.1) is 105 Å². The Bertz CT molecular complexity index is 5160. The number of esters is 2. The first-order valence-corrected chi connectivity index (χ1v) is 35.9. The molecule has 113 heavy (non-hydrogen) atoms. The molecular weight excluding hydrogens is 1500 g/mol. The van der Waals surface area contributed by atoms with E-state index in [-0.39, 0.29) is 123 Å². The number of carbonyl (C=O) groups excluding carboxylic acids is 2. The average molecular weight is 1590 g/mol. The minimum atomic E-state index is -0.945. The summed E-state index contributed by atoms with van der Waals surface area (Å²) in [4.78, 5) is 35.0. The standard InChI is InChI=1S/C27H26FNO5.C25H29BO6.C25H22FNO5.C8H9ClFNO.ClH.Li.H2O/c1-2-32-25(31)14-18-6-3-4-9-24(18)34-16-17-12-19-10-11-33-27(19)22(13-17)20-7-5-8-21(26(20)28)23(29)15-30;1-6-28-22(27)15-18-9-7-8-10-21(18)30-16-17-13-19-11-12-29-23(19)20(14-17)26-31-24(2,3)25(4,5)32-26;26-24-18(5-3-6-19(24)21(27)13-28)20-11-15(10-17-8-9-31-25(17)20)14-32-22-7-2-1-4-16(22)12-23(29)30;9-6-3-1-2-5(8(6)10)7(11)4-12;;;/h3-13,23,30H,2,14-16,29H2,1H3;7-14H,6,15-16H2,1-5H3;1-11,21,28H,12-14,27H2,(H,29,30);1-3,7,12H,4,11H2;1H;;1H2/q;;;;;+1;/p-1/t23-;;21-;7-;;;/m1.11.../s1. The van der Waals surface area contributed by atoms with Crippen LogP contribution in [-0.2, 0) is 72.2 Å². The molecule has 21 nitrogen and oxygen atoms in total. The SMILES string of the molecule is CCOC(=O)Cc1ccccc1OCc1cc(-c2cccc([C@H](N)CO)c2F)c2occc2c1.CCOC(=O)Cc1ccccc1OCc1cc(B2OC(C)(C)C(C)(C)O2)c2occc2c1.Cl.N[C@H](CO)c1cccc(-c2cc(COc3ccccc3CC(=O)O)cc3ccoc23)c1F.N[C@H](CO)c1cccc(Cl)c1F.[Li+].[OH-]. The van der Waals surface area contributed by atoms with Crippen molar-refractivity contribution in [2.45, 2.75) is 110 Å². The van der Waals surface area contributed by atoms with Gasteiger partial charge in [0.25, 0.3) is 0 Å². The maximum atomic E-state index is 15.3. The predicted octanol–water partition coefficient (Wildman–Crippen LogP) is 12.5. The van der Waals surface area contributed by atoms with Gasteiger partial charge in [-0.25, -0.2) is 13.2 Å². The Morgan fingerprint density at radius 1 is 0.469 bits per heavy atom. The number of furan rings is 3. The molecule has 0 bridgehead atoms. The van der Waals surface area contributed by atoms with E-state index >= 15 is 8.78 Å². The van der Waals surface area contributed by atoms with Crippen molar-refractivity contribution in [3.63, 3.8) is 0 Å². The molecule has 12 aromatic rings. The molecular formula is C85H88BCl2F3LiN3O18. The Hall–Kier alpha value is -9.92. The van der Waals surface area contributed by atoms with Gasteiger partial charge in [-0.05, 0) is 131 Å². The van der Waals surface area contributed by atoms with Crippen molar-refractivity contribution in [1.29, 1.82) is 0 Å². The van der Waals surface area contributed by atoms with E-state index in [0.29, 0.717) is 76.1 Å². The fraction of sp³-hybridized carbons (Fsp3) is 0.259. The van der Waals surface area contributed by atoms with Crippen molar-refractivity contribution < 1.29 is 119 Å². The minimum absolute atomic E-state index is 0. The zero-order chi connectivity index (χ0) is 78.8. The Balaban J connectivity index is 0.000000216. The van der Waals surface area contributed by atoms with Crippen LogP contribution in [-0.4, -0.2) is 95.2 Å². The fourth-order valence-corrected chi connectivity index (χ4v) is 12.4. The molecule has 0 amide bonds. The van der Waals surface area contributed by atoms with Gasteiger partial charge < -0.3 is 89.3 Å². The molecule has 0 spiro atoms. The van der Waals surface area contributed by atoms with Crippen LogP contribution in [0.3, 0.4) is 0 Å². The minimum Gasteiger partial charge on any atom is -0.870 e. The zero-order valence-electron chi connectivity index (χ0n) is 63.3. The fourth-order valence-electron chi connectivity index (χ4n) is 12.2. The van der Waals surface area contributed by atoms with E-state index in [2.05, 4.69) is 0 Å². The van der Waals surface area contributed by atoms with Crippen LogP contribution in [0.5, 0.6) is 17.2 Å². The third-order valence-electron chi connectivity index (χ3n) is 18.5. The van der Waals surface area contributed by atoms with E-state index in [1.54, 1.807) is 117 Å². The molecule has 1 saturated heterocycles. The molecule has 590 valence electrons. The average Bonchev–Trinajstić information content (AvgIpc) is 1.66. The van der Waals surface area contributed by atoms with E-state index in [0.717, 1.165) is 55.0 Å². The smallest absolute Gasteiger partial charge is 0.870 e. The van der Waals surface area contributed by atoms with E-state index < -0.39 is 59.9 Å². The molecule has 28 heteroatoms. The maximum absolute atomic E-state index is 15.3. The van der Waals surface area contributed by atoms with Gasteiger partial charge in [-0.3, -0.25) is 14.4 Å². The van der Waals surface area contributed by atoms with E-state index in [1.807, 2.05) is 107 Å². The Labute approximate surface area is 675 Å². The maximum Gasteiger partial charge on any atom is 1.00 e. The van der Waals surface area contributed by atoms with Crippen LogP contribution in [0.1, 0.15) is 110 Å². The normalized spacial score (nSPS) is 13.2. The second-order valence-corrected chi connectivity index (χ2v) is 27.1. The van der Waals surface area contributed by atoms with Crippen molar-refractivity contribution in [1.82, 2.24) is 0 Å². The molecule has 11 N–H and O–H groups in total. The number of carboxylic acids is 1. The van der Waals surface area contributed by atoms with Crippen LogP contribution in [0.15, 0.2) is 214 Å². The molecule has 3 aromatic heterocycles. The van der Waals surface area contributed by atoms with Crippen LogP contribution in [0.25, 0.3) is 55.2 Å². The van der Waals surface area contributed by atoms with Crippen LogP contribution in [0.4, 0.5) is 13.2 Å². The van der Waals surface area contributed by atoms with E-state index in [1.165, 1.54) is 18.4 Å². The van der Waals surface area contributed by atoms with Gasteiger partial charge in [-0.15, -0.1) is 12.4 Å². The molecule has 3 atom stereocenters. The molecule has 1 aliphatic rings. The second kappa shape index (κ2) is 41.7. The molecule has 1 aliphatic heterocycles. The van der Waals surface area contributed by atoms with Crippen molar-refractivity contribution in [2.24, 2.45) is 17.2 Å². The molecule has 9 aromatic carbocycles. The predicted molar refractivity (Wildman–Crippen MR) is 422 cm³/mol. The molecule has 1 fully saturated rings. The topological polar surface area (TPSA) is 344 Å². The third kappa shape index (κ3) is 22.5. The summed E-state index contributed by atoms with van der Waals surface area (Å²) in [5.41, 5.74) is 25.9. The summed E-state index contributed by atoms with van der Waals surface area (Å²) in [7, 11) is -0.537. The van der Waals surface area contributed by atoms with E-state index in [9.17, 15) is 29.0 Å². The van der Waals surface area contributed by atoms with Crippen LogP contribution in [0.2, 0.25) is 5.02 Å². The van der Waals surface area contributed by atoms with Crippen molar-refractivity contribution in [3.8, 4) is 39.5 Å². The first-order valence-electron chi connectivity index (χ1n) is 35.5. The number of para-hydroxylation sites is 3. The van der Waals surface area contributed by atoms with Crippen LogP contribution < -0.4 is 55.7 Å². The summed E-state index contributed by atoms with van der Waals surface area (Å²) in [6.45, 7) is 12.0. The van der Waals surface area contributed by atoms with Gasteiger partial charge in [0, 0.05) is 77.3 Å². The first-order chi connectivity index (χ1) is 52.8. The van der Waals surface area contributed by atoms with Crippen molar-refractivity contribution >= 4 is 87.4 Å². The first kappa shape index (κ1) is 90.3.